The van der Waals surface area contributed by atoms with Crippen molar-refractivity contribution in [2.24, 2.45) is 0 Å². The van der Waals surface area contributed by atoms with Crippen molar-refractivity contribution in [3.8, 4) is 17.2 Å². The van der Waals surface area contributed by atoms with E-state index >= 15 is 0 Å². The topological polar surface area (TPSA) is 85.7 Å². The Kier molecular flexibility index (Phi) is 7.03. The molecular formula is C26H25F3N6O3. The third-order valence-corrected chi connectivity index (χ3v) is 6.21. The number of anilines is 2. The van der Waals surface area contributed by atoms with E-state index in [1.165, 1.54) is 18.2 Å². The van der Waals surface area contributed by atoms with E-state index in [1.807, 2.05) is 12.1 Å². The van der Waals surface area contributed by atoms with Crippen LogP contribution in [0.4, 0.5) is 24.9 Å². The summed E-state index contributed by atoms with van der Waals surface area (Å²) in [5.74, 6) is 2.39. The average Bonchev–Trinajstić information content (AvgIpc) is 2.91. The Morgan fingerprint density at radius 3 is 2.18 bits per heavy atom. The lowest BCUT2D eigenvalue weighted by Crippen LogP contribution is -2.47. The second-order valence-electron chi connectivity index (χ2n) is 8.66. The van der Waals surface area contributed by atoms with E-state index in [2.05, 4.69) is 34.5 Å². The molecule has 1 fully saturated rings. The maximum atomic E-state index is 12.5. The van der Waals surface area contributed by atoms with Crippen molar-refractivity contribution < 1.29 is 27.4 Å². The van der Waals surface area contributed by atoms with Crippen LogP contribution in [0.25, 0.3) is 10.9 Å². The van der Waals surface area contributed by atoms with Gasteiger partial charge in [0.2, 0.25) is 5.95 Å². The van der Waals surface area contributed by atoms with Crippen molar-refractivity contribution in [2.75, 3.05) is 50.2 Å². The molecule has 0 spiro atoms. The van der Waals surface area contributed by atoms with E-state index in [0.29, 0.717) is 55.6 Å². The van der Waals surface area contributed by atoms with Gasteiger partial charge in [0.15, 0.2) is 11.5 Å². The lowest BCUT2D eigenvalue weighted by Gasteiger charge is -2.35. The molecule has 2 aromatic heterocycles. The summed E-state index contributed by atoms with van der Waals surface area (Å²) < 4.78 is 52.4. The predicted molar refractivity (Wildman–Crippen MR) is 135 cm³/mol. The number of hydrogen-bond donors (Lipinski definition) is 0. The Morgan fingerprint density at radius 1 is 0.816 bits per heavy atom. The Bertz CT molecular complexity index is 1410. The van der Waals surface area contributed by atoms with Crippen LogP contribution < -0.4 is 24.0 Å². The third kappa shape index (κ3) is 5.63. The van der Waals surface area contributed by atoms with Crippen molar-refractivity contribution in [3.63, 3.8) is 0 Å². The zero-order chi connectivity index (χ0) is 26.7. The van der Waals surface area contributed by atoms with E-state index in [-0.39, 0.29) is 5.75 Å². The van der Waals surface area contributed by atoms with Gasteiger partial charge in [-0.1, -0.05) is 12.1 Å². The van der Waals surface area contributed by atoms with Crippen LogP contribution in [-0.4, -0.2) is 66.7 Å². The predicted octanol–water partition coefficient (Wildman–Crippen LogP) is 4.25. The zero-order valence-electron chi connectivity index (χ0n) is 20.8. The summed E-state index contributed by atoms with van der Waals surface area (Å²) in [7, 11) is 3.18. The van der Waals surface area contributed by atoms with Crippen molar-refractivity contribution in [2.45, 2.75) is 12.8 Å². The molecule has 0 bridgehead atoms. The minimum absolute atomic E-state index is 0.251. The monoisotopic (exact) mass is 526 g/mol. The van der Waals surface area contributed by atoms with Gasteiger partial charge in [-0.15, -0.1) is 13.2 Å². The molecule has 0 aliphatic carbocycles. The minimum atomic E-state index is -4.73. The normalized spacial score (nSPS) is 14.0. The fourth-order valence-corrected chi connectivity index (χ4v) is 4.43. The first-order chi connectivity index (χ1) is 18.3. The molecule has 0 amide bonds. The van der Waals surface area contributed by atoms with Crippen molar-refractivity contribution in [3.05, 3.63) is 66.2 Å². The Labute approximate surface area is 216 Å². The minimum Gasteiger partial charge on any atom is -0.493 e. The summed E-state index contributed by atoms with van der Waals surface area (Å²) in [6.45, 7) is 2.79. The SMILES string of the molecule is COc1cc2ncnc(N3CCN(c4ncc(Cc5cccc(OC(F)(F)F)c5)cn4)CC3)c2cc1OC. The van der Waals surface area contributed by atoms with E-state index in [0.717, 1.165) is 22.3 Å². The van der Waals surface area contributed by atoms with Crippen LogP contribution in [0.15, 0.2) is 55.1 Å². The molecule has 9 nitrogen and oxygen atoms in total. The van der Waals surface area contributed by atoms with Crippen LogP contribution in [0.2, 0.25) is 0 Å². The molecule has 1 aliphatic heterocycles. The van der Waals surface area contributed by atoms with Gasteiger partial charge in [0.05, 0.1) is 19.7 Å². The van der Waals surface area contributed by atoms with Gasteiger partial charge in [-0.25, -0.2) is 19.9 Å². The molecule has 1 saturated heterocycles. The first-order valence-electron chi connectivity index (χ1n) is 11.8. The number of ether oxygens (including phenoxy) is 3. The Hall–Kier alpha value is -4.35. The van der Waals surface area contributed by atoms with Gasteiger partial charge in [-0.2, -0.15) is 0 Å². The molecule has 0 atom stereocenters. The second-order valence-corrected chi connectivity index (χ2v) is 8.66. The van der Waals surface area contributed by atoms with E-state index in [9.17, 15) is 13.2 Å². The number of benzene rings is 2. The van der Waals surface area contributed by atoms with E-state index in [4.69, 9.17) is 9.47 Å². The molecule has 38 heavy (non-hydrogen) atoms. The number of halogens is 3. The molecular weight excluding hydrogens is 501 g/mol. The maximum absolute atomic E-state index is 12.5. The highest BCUT2D eigenvalue weighted by atomic mass is 19.4. The molecule has 0 saturated carbocycles. The number of rotatable bonds is 7. The quantitative estimate of drug-likeness (QED) is 0.351. The number of aromatic nitrogens is 4. The number of alkyl halides is 3. The summed E-state index contributed by atoms with van der Waals surface area (Å²) in [6, 6.07) is 9.63. The largest absolute Gasteiger partial charge is 0.573 e. The van der Waals surface area contributed by atoms with Crippen LogP contribution in [0.5, 0.6) is 17.2 Å². The van der Waals surface area contributed by atoms with Gasteiger partial charge in [-0.05, 0) is 29.3 Å². The van der Waals surface area contributed by atoms with Crippen molar-refractivity contribution in [1.29, 1.82) is 0 Å². The highest BCUT2D eigenvalue weighted by Gasteiger charge is 2.31. The first-order valence-corrected chi connectivity index (χ1v) is 11.8. The standard InChI is InChI=1S/C26H25F3N6O3/c1-36-22-12-20-21(13-23(22)37-2)32-16-33-24(20)34-6-8-35(9-7-34)25-30-14-18(15-31-25)10-17-4-3-5-19(11-17)38-26(27,28)29/h3-5,11-16H,6-10H2,1-2H3. The Balaban J connectivity index is 1.24. The van der Waals surface area contributed by atoms with E-state index in [1.54, 1.807) is 39.0 Å². The van der Waals surface area contributed by atoms with Crippen molar-refractivity contribution in [1.82, 2.24) is 19.9 Å². The smallest absolute Gasteiger partial charge is 0.493 e. The van der Waals surface area contributed by atoms with Gasteiger partial charge in [0.25, 0.3) is 0 Å². The number of nitrogens with zero attached hydrogens (tertiary/aromatic N) is 6. The third-order valence-electron chi connectivity index (χ3n) is 6.21. The second kappa shape index (κ2) is 10.6. The van der Waals surface area contributed by atoms with Crippen LogP contribution in [0.3, 0.4) is 0 Å². The highest BCUT2D eigenvalue weighted by molar-refractivity contribution is 5.92. The summed E-state index contributed by atoms with van der Waals surface area (Å²) in [5.41, 5.74) is 2.22. The fourth-order valence-electron chi connectivity index (χ4n) is 4.43. The van der Waals surface area contributed by atoms with Gasteiger partial charge >= 0.3 is 6.36 Å². The molecule has 0 radical (unpaired) electrons. The van der Waals surface area contributed by atoms with Crippen molar-refractivity contribution >= 4 is 22.7 Å². The fraction of sp³-hybridized carbons (Fsp3) is 0.308. The average molecular weight is 527 g/mol. The molecule has 0 N–H and O–H groups in total. The number of fused-ring (bicyclic) bond motifs is 1. The molecule has 198 valence electrons. The van der Waals surface area contributed by atoms with Crippen LogP contribution in [0, 0.1) is 0 Å². The summed E-state index contributed by atoms with van der Waals surface area (Å²) in [5, 5.41) is 0.879. The molecule has 4 aromatic rings. The summed E-state index contributed by atoms with van der Waals surface area (Å²) >= 11 is 0. The van der Waals surface area contributed by atoms with E-state index < -0.39 is 6.36 Å². The summed E-state index contributed by atoms with van der Waals surface area (Å²) in [4.78, 5) is 22.2. The maximum Gasteiger partial charge on any atom is 0.573 e. The first kappa shape index (κ1) is 25.3. The molecule has 0 unspecified atom stereocenters. The molecule has 2 aromatic carbocycles. The van der Waals surface area contributed by atoms with Gasteiger partial charge in [0, 0.05) is 56.4 Å². The number of hydrogen-bond acceptors (Lipinski definition) is 9. The van der Waals surface area contributed by atoms with Crippen LogP contribution in [-0.2, 0) is 6.42 Å². The Morgan fingerprint density at radius 2 is 1.50 bits per heavy atom. The van der Waals surface area contributed by atoms with Crippen LogP contribution in [0.1, 0.15) is 11.1 Å². The summed E-state index contributed by atoms with van der Waals surface area (Å²) in [6.07, 6.45) is 0.600. The zero-order valence-corrected chi connectivity index (χ0v) is 20.8. The van der Waals surface area contributed by atoms with Gasteiger partial charge in [-0.3, -0.25) is 0 Å². The molecule has 1 aliphatic rings. The molecule has 12 heteroatoms. The molecule has 3 heterocycles. The van der Waals surface area contributed by atoms with Crippen LogP contribution >= 0.6 is 0 Å². The van der Waals surface area contributed by atoms with Gasteiger partial charge in [0.1, 0.15) is 17.9 Å². The lowest BCUT2D eigenvalue weighted by molar-refractivity contribution is -0.274. The number of methoxy groups -OCH3 is 2. The highest BCUT2D eigenvalue weighted by Crippen LogP contribution is 2.35. The molecule has 5 rings (SSSR count). The number of piperazine rings is 1. The van der Waals surface area contributed by atoms with Gasteiger partial charge < -0.3 is 24.0 Å². The lowest BCUT2D eigenvalue weighted by atomic mass is 10.1.